The molecule has 2 aromatic heterocycles. The summed E-state index contributed by atoms with van der Waals surface area (Å²) >= 11 is 10.1. The quantitative estimate of drug-likeness (QED) is 0.327. The molecule has 0 amide bonds. The van der Waals surface area contributed by atoms with Crippen LogP contribution in [-0.2, 0) is 0 Å². The highest BCUT2D eigenvalue weighted by atomic mass is 79.9. The van der Waals surface area contributed by atoms with Gasteiger partial charge >= 0.3 is 0 Å². The van der Waals surface area contributed by atoms with E-state index in [2.05, 4.69) is 82.2 Å². The molecule has 0 saturated carbocycles. The molecule has 0 bridgehead atoms. The van der Waals surface area contributed by atoms with E-state index < -0.39 is 0 Å². The van der Waals surface area contributed by atoms with Gasteiger partial charge < -0.3 is 5.32 Å². The molecule has 0 radical (unpaired) electrons. The molecule has 124 valence electrons. The fourth-order valence-electron chi connectivity index (χ4n) is 2.26. The van der Waals surface area contributed by atoms with Crippen LogP contribution < -0.4 is 5.32 Å². The molecular weight excluding hydrogens is 482 g/mol. The smallest absolute Gasteiger partial charge is 0.189 e. The van der Waals surface area contributed by atoms with Gasteiger partial charge in [-0.3, -0.25) is 0 Å². The Labute approximate surface area is 170 Å². The van der Waals surface area contributed by atoms with Gasteiger partial charge in [-0.25, -0.2) is 9.97 Å². The first-order chi connectivity index (χ1) is 12.2. The van der Waals surface area contributed by atoms with Gasteiger partial charge in [0, 0.05) is 30.8 Å². The number of rotatable bonds is 4. The van der Waals surface area contributed by atoms with Crippen molar-refractivity contribution < 1.29 is 0 Å². The topological polar surface area (TPSA) is 37.8 Å². The Morgan fingerprint density at radius 3 is 1.44 bits per heavy atom. The minimum Gasteiger partial charge on any atom is -0.307 e. The second-order valence-electron chi connectivity index (χ2n) is 5.21. The third-order valence-electron chi connectivity index (χ3n) is 3.50. The van der Waals surface area contributed by atoms with Crippen LogP contribution in [0.5, 0.6) is 0 Å². The van der Waals surface area contributed by atoms with E-state index in [0.717, 1.165) is 41.7 Å². The molecule has 1 N–H and O–H groups in total. The summed E-state index contributed by atoms with van der Waals surface area (Å²) in [6, 6.07) is 16.3. The van der Waals surface area contributed by atoms with Crippen molar-refractivity contribution in [1.82, 2.24) is 9.97 Å². The molecule has 7 heteroatoms. The van der Waals surface area contributed by atoms with Gasteiger partial charge in [0.25, 0.3) is 0 Å². The molecule has 0 saturated heterocycles. The number of anilines is 2. The summed E-state index contributed by atoms with van der Waals surface area (Å²) in [7, 11) is 0. The second kappa shape index (κ2) is 7.37. The third-order valence-corrected chi connectivity index (χ3v) is 6.07. The molecule has 0 aliphatic carbocycles. The molecule has 4 rings (SSSR count). The molecule has 3 nitrogen and oxygen atoms in total. The van der Waals surface area contributed by atoms with Crippen molar-refractivity contribution in [3.63, 3.8) is 0 Å². The van der Waals surface area contributed by atoms with E-state index in [9.17, 15) is 0 Å². The van der Waals surface area contributed by atoms with E-state index in [4.69, 9.17) is 0 Å². The molecule has 2 heterocycles. The summed E-state index contributed by atoms with van der Waals surface area (Å²) in [5.41, 5.74) is 4.12. The molecule has 0 unspecified atom stereocenters. The standard InChI is InChI=1S/C18H11Br2N3S2/c19-13-5-1-11(2-6-13)15-9-24-17(21-15)23-18-22-16(10-25-18)12-3-7-14(20)8-4-12/h1-10H,(H,21,22,23). The second-order valence-corrected chi connectivity index (χ2v) is 8.76. The summed E-state index contributed by atoms with van der Waals surface area (Å²) in [6.07, 6.45) is 0. The van der Waals surface area contributed by atoms with Crippen LogP contribution in [0.4, 0.5) is 10.3 Å². The van der Waals surface area contributed by atoms with E-state index in [1.165, 1.54) is 0 Å². The van der Waals surface area contributed by atoms with Crippen molar-refractivity contribution >= 4 is 64.8 Å². The zero-order chi connectivity index (χ0) is 17.2. The lowest BCUT2D eigenvalue weighted by atomic mass is 10.2. The van der Waals surface area contributed by atoms with Gasteiger partial charge in [0.2, 0.25) is 0 Å². The number of thiazole rings is 2. The van der Waals surface area contributed by atoms with E-state index in [0.29, 0.717) is 0 Å². The molecule has 0 aliphatic rings. The highest BCUT2D eigenvalue weighted by Crippen LogP contribution is 2.31. The van der Waals surface area contributed by atoms with Crippen LogP contribution in [-0.4, -0.2) is 9.97 Å². The fourth-order valence-corrected chi connectivity index (χ4v) is 4.29. The largest absolute Gasteiger partial charge is 0.307 e. The van der Waals surface area contributed by atoms with Crippen molar-refractivity contribution in [1.29, 1.82) is 0 Å². The first-order valence-corrected chi connectivity index (χ1v) is 10.7. The van der Waals surface area contributed by atoms with Crippen LogP contribution in [0.1, 0.15) is 0 Å². The molecule has 25 heavy (non-hydrogen) atoms. The highest BCUT2D eigenvalue weighted by molar-refractivity contribution is 9.10. The number of aromatic nitrogens is 2. The van der Waals surface area contributed by atoms with E-state index in [-0.39, 0.29) is 0 Å². The molecule has 0 spiro atoms. The number of benzene rings is 2. The average molecular weight is 493 g/mol. The number of nitrogens with zero attached hydrogens (tertiary/aromatic N) is 2. The van der Waals surface area contributed by atoms with Crippen LogP contribution in [0.3, 0.4) is 0 Å². The van der Waals surface area contributed by atoms with Gasteiger partial charge in [0.05, 0.1) is 11.4 Å². The zero-order valence-corrected chi connectivity index (χ0v) is 17.5. The Kier molecular flexibility index (Phi) is 4.98. The lowest BCUT2D eigenvalue weighted by Gasteiger charge is -1.98. The molecule has 0 aliphatic heterocycles. The summed E-state index contributed by atoms with van der Waals surface area (Å²) in [5, 5.41) is 9.09. The van der Waals surface area contributed by atoms with Gasteiger partial charge in [0.1, 0.15) is 0 Å². The van der Waals surface area contributed by atoms with Crippen LogP contribution in [0.25, 0.3) is 22.5 Å². The van der Waals surface area contributed by atoms with Crippen molar-refractivity contribution in [2.75, 3.05) is 5.32 Å². The predicted molar refractivity (Wildman–Crippen MR) is 114 cm³/mol. The Hall–Kier alpha value is -1.54. The molecule has 2 aromatic carbocycles. The summed E-state index contributed by atoms with van der Waals surface area (Å²) < 4.78 is 2.13. The van der Waals surface area contributed by atoms with E-state index in [1.807, 2.05) is 24.3 Å². The normalized spacial score (nSPS) is 10.8. The predicted octanol–water partition coefficient (Wildman–Crippen LogP) is 7.20. The Morgan fingerprint density at radius 1 is 0.640 bits per heavy atom. The van der Waals surface area contributed by atoms with Crippen molar-refractivity contribution in [2.45, 2.75) is 0 Å². The number of halogens is 2. The number of nitrogens with one attached hydrogen (secondary N) is 1. The lowest BCUT2D eigenvalue weighted by molar-refractivity contribution is 1.34. The molecule has 4 aromatic rings. The highest BCUT2D eigenvalue weighted by Gasteiger charge is 2.08. The fraction of sp³-hybridized carbons (Fsp3) is 0. The summed E-state index contributed by atoms with van der Waals surface area (Å²) in [4.78, 5) is 9.30. The summed E-state index contributed by atoms with van der Waals surface area (Å²) in [5.74, 6) is 0. The van der Waals surface area contributed by atoms with Crippen LogP contribution in [0.2, 0.25) is 0 Å². The first kappa shape index (κ1) is 16.9. The van der Waals surface area contributed by atoms with Gasteiger partial charge in [-0.1, -0.05) is 56.1 Å². The van der Waals surface area contributed by atoms with Crippen LogP contribution in [0, 0.1) is 0 Å². The van der Waals surface area contributed by atoms with Gasteiger partial charge in [-0.15, -0.1) is 22.7 Å². The van der Waals surface area contributed by atoms with Crippen molar-refractivity contribution in [2.24, 2.45) is 0 Å². The first-order valence-electron chi connectivity index (χ1n) is 7.37. The van der Waals surface area contributed by atoms with Crippen LogP contribution >= 0.6 is 54.5 Å². The Balaban J connectivity index is 1.51. The SMILES string of the molecule is Brc1ccc(-c2csc(Nc3nc(-c4ccc(Br)cc4)cs3)n2)cc1. The maximum absolute atomic E-state index is 4.65. The average Bonchev–Trinajstić information content (AvgIpc) is 3.27. The summed E-state index contributed by atoms with van der Waals surface area (Å²) in [6.45, 7) is 0. The minimum absolute atomic E-state index is 0.842. The molecule has 0 atom stereocenters. The third kappa shape index (κ3) is 4.00. The van der Waals surface area contributed by atoms with E-state index in [1.54, 1.807) is 22.7 Å². The maximum atomic E-state index is 4.65. The monoisotopic (exact) mass is 491 g/mol. The van der Waals surface area contributed by atoms with Gasteiger partial charge in [-0.2, -0.15) is 0 Å². The van der Waals surface area contributed by atoms with Gasteiger partial charge in [0.15, 0.2) is 10.3 Å². The minimum atomic E-state index is 0.842. The van der Waals surface area contributed by atoms with Crippen molar-refractivity contribution in [3.8, 4) is 22.5 Å². The Morgan fingerprint density at radius 2 is 1.04 bits per heavy atom. The maximum Gasteiger partial charge on any atom is 0.189 e. The van der Waals surface area contributed by atoms with Crippen LogP contribution in [0.15, 0.2) is 68.2 Å². The Bertz CT molecular complexity index is 910. The van der Waals surface area contributed by atoms with Crippen molar-refractivity contribution in [3.05, 3.63) is 68.2 Å². The number of hydrogen-bond acceptors (Lipinski definition) is 5. The lowest BCUT2D eigenvalue weighted by Crippen LogP contribution is -1.89. The zero-order valence-electron chi connectivity index (χ0n) is 12.7. The number of hydrogen-bond donors (Lipinski definition) is 1. The molecular formula is C18H11Br2N3S2. The van der Waals surface area contributed by atoms with E-state index >= 15 is 0 Å². The molecule has 0 fully saturated rings. The van der Waals surface area contributed by atoms with Gasteiger partial charge in [-0.05, 0) is 24.3 Å².